The summed E-state index contributed by atoms with van der Waals surface area (Å²) in [5.74, 6) is -0.201. The highest BCUT2D eigenvalue weighted by Crippen LogP contribution is 2.11. The Morgan fingerprint density at radius 1 is 1.67 bits per heavy atom. The van der Waals surface area contributed by atoms with Crippen LogP contribution in [0.25, 0.3) is 0 Å². The lowest BCUT2D eigenvalue weighted by Gasteiger charge is -2.15. The van der Waals surface area contributed by atoms with Gasteiger partial charge in [0.2, 0.25) is 5.91 Å². The van der Waals surface area contributed by atoms with Gasteiger partial charge in [-0.15, -0.1) is 0 Å². The van der Waals surface area contributed by atoms with Crippen LogP contribution in [0, 0.1) is 0 Å². The summed E-state index contributed by atoms with van der Waals surface area (Å²) in [5.41, 5.74) is 0. The Morgan fingerprint density at radius 2 is 2.33 bits per heavy atom. The number of hydrogen-bond acceptors (Lipinski definition) is 4. The quantitative estimate of drug-likeness (QED) is 0.482. The molecule has 0 aliphatic carbocycles. The molecule has 0 aromatic heterocycles. The third kappa shape index (κ3) is 1.94. The third-order valence-electron chi connectivity index (χ3n) is 1.78. The number of rotatable bonds is 2. The number of carbonyl (C=O) groups is 1. The van der Waals surface area contributed by atoms with Gasteiger partial charge in [-0.2, -0.15) is 0 Å². The summed E-state index contributed by atoms with van der Waals surface area (Å²) >= 11 is 0. The predicted molar refractivity (Wildman–Crippen MR) is 40.2 cm³/mol. The van der Waals surface area contributed by atoms with E-state index in [0.29, 0.717) is 6.42 Å². The van der Waals surface area contributed by atoms with Crippen molar-refractivity contribution in [3.05, 3.63) is 0 Å². The molecule has 1 fully saturated rings. The van der Waals surface area contributed by atoms with Gasteiger partial charge >= 0.3 is 0 Å². The Bertz CT molecular complexity index is 173. The van der Waals surface area contributed by atoms with Gasteiger partial charge in [-0.3, -0.25) is 4.79 Å². The average molecular weight is 175 g/mol. The van der Waals surface area contributed by atoms with Crippen molar-refractivity contribution in [1.82, 2.24) is 5.32 Å². The number of carbonyl (C=O) groups excluding carboxylic acids is 1. The molecule has 1 heterocycles. The maximum Gasteiger partial charge on any atom is 0.221 e. The van der Waals surface area contributed by atoms with Crippen LogP contribution in [-0.4, -0.2) is 41.2 Å². The topological polar surface area (TPSA) is 78.8 Å². The van der Waals surface area contributed by atoms with Gasteiger partial charge in [0.1, 0.15) is 12.2 Å². The van der Waals surface area contributed by atoms with E-state index in [0.717, 1.165) is 0 Å². The van der Waals surface area contributed by atoms with E-state index >= 15 is 0 Å². The molecular weight excluding hydrogens is 162 g/mol. The fourth-order valence-electron chi connectivity index (χ4n) is 0.989. The van der Waals surface area contributed by atoms with Gasteiger partial charge in [0.15, 0.2) is 6.23 Å². The molecule has 70 valence electrons. The molecular formula is C7H13NO4. The second-order valence-electron chi connectivity index (χ2n) is 2.73. The summed E-state index contributed by atoms with van der Waals surface area (Å²) in [6, 6.07) is 0. The van der Waals surface area contributed by atoms with Crippen LogP contribution in [0.2, 0.25) is 0 Å². The average Bonchev–Trinajstić information content (AvgIpc) is 2.36. The van der Waals surface area contributed by atoms with Gasteiger partial charge in [-0.25, -0.2) is 0 Å². The van der Waals surface area contributed by atoms with Crippen molar-refractivity contribution in [3.63, 3.8) is 0 Å². The van der Waals surface area contributed by atoms with Gasteiger partial charge in [-0.05, 0) is 0 Å². The normalized spacial score (nSPS) is 35.1. The van der Waals surface area contributed by atoms with Crippen molar-refractivity contribution in [2.24, 2.45) is 0 Å². The van der Waals surface area contributed by atoms with Gasteiger partial charge < -0.3 is 20.3 Å². The summed E-state index contributed by atoms with van der Waals surface area (Å²) in [6.07, 6.45) is -2.33. The lowest BCUT2D eigenvalue weighted by Crippen LogP contribution is -2.43. The molecule has 5 nitrogen and oxygen atoms in total. The van der Waals surface area contributed by atoms with Gasteiger partial charge in [-0.1, -0.05) is 6.92 Å². The molecule has 0 saturated carbocycles. The molecule has 0 bridgehead atoms. The van der Waals surface area contributed by atoms with Crippen molar-refractivity contribution in [2.45, 2.75) is 31.8 Å². The molecule has 3 N–H and O–H groups in total. The summed E-state index contributed by atoms with van der Waals surface area (Å²) < 4.78 is 4.92. The molecule has 1 aliphatic heterocycles. The highest BCUT2D eigenvalue weighted by Gasteiger charge is 2.35. The fourth-order valence-corrected chi connectivity index (χ4v) is 0.989. The lowest BCUT2D eigenvalue weighted by atomic mass is 10.2. The van der Waals surface area contributed by atoms with Crippen LogP contribution in [0.1, 0.15) is 13.3 Å². The molecule has 1 aliphatic rings. The van der Waals surface area contributed by atoms with Crippen LogP contribution in [0.4, 0.5) is 0 Å². The molecule has 1 amide bonds. The predicted octanol–water partition coefficient (Wildman–Crippen LogP) is -1.41. The van der Waals surface area contributed by atoms with E-state index in [2.05, 4.69) is 5.32 Å². The molecule has 1 saturated heterocycles. The van der Waals surface area contributed by atoms with E-state index in [1.807, 2.05) is 0 Å². The van der Waals surface area contributed by atoms with E-state index in [1.165, 1.54) is 0 Å². The van der Waals surface area contributed by atoms with E-state index < -0.39 is 18.4 Å². The molecule has 12 heavy (non-hydrogen) atoms. The zero-order chi connectivity index (χ0) is 9.14. The van der Waals surface area contributed by atoms with E-state index in [4.69, 9.17) is 9.84 Å². The molecule has 0 aromatic rings. The summed E-state index contributed by atoms with van der Waals surface area (Å²) in [7, 11) is 0. The maximum absolute atomic E-state index is 10.8. The van der Waals surface area contributed by atoms with Crippen molar-refractivity contribution in [1.29, 1.82) is 0 Å². The first-order valence-corrected chi connectivity index (χ1v) is 3.92. The van der Waals surface area contributed by atoms with Crippen molar-refractivity contribution < 1.29 is 19.7 Å². The summed E-state index contributed by atoms with van der Waals surface area (Å²) in [5, 5.41) is 20.7. The number of amides is 1. The van der Waals surface area contributed by atoms with E-state index in [-0.39, 0.29) is 12.5 Å². The molecule has 0 spiro atoms. The second-order valence-corrected chi connectivity index (χ2v) is 2.73. The highest BCUT2D eigenvalue weighted by atomic mass is 16.5. The first-order valence-electron chi connectivity index (χ1n) is 3.92. The first-order chi connectivity index (χ1) is 5.65. The number of nitrogens with one attached hydrogen (secondary N) is 1. The lowest BCUT2D eigenvalue weighted by molar-refractivity contribution is -0.125. The summed E-state index contributed by atoms with van der Waals surface area (Å²) in [6.45, 7) is 1.77. The number of aliphatic hydroxyl groups is 2. The SMILES string of the molecule is CCC(=O)NC1OC[C@@H](O)[C@@H]1O. The Hall–Kier alpha value is -0.650. The van der Waals surface area contributed by atoms with Crippen LogP contribution in [-0.2, 0) is 9.53 Å². The van der Waals surface area contributed by atoms with E-state index in [9.17, 15) is 9.90 Å². The molecule has 1 rings (SSSR count). The van der Waals surface area contributed by atoms with Crippen LogP contribution < -0.4 is 5.32 Å². The van der Waals surface area contributed by atoms with Crippen molar-refractivity contribution in [3.8, 4) is 0 Å². The van der Waals surface area contributed by atoms with E-state index in [1.54, 1.807) is 6.92 Å². The third-order valence-corrected chi connectivity index (χ3v) is 1.78. The molecule has 1 unspecified atom stereocenters. The minimum atomic E-state index is -1.01. The van der Waals surface area contributed by atoms with Crippen LogP contribution in [0.15, 0.2) is 0 Å². The maximum atomic E-state index is 10.8. The number of aliphatic hydroxyl groups excluding tert-OH is 2. The van der Waals surface area contributed by atoms with Crippen LogP contribution in [0.3, 0.4) is 0 Å². The zero-order valence-corrected chi connectivity index (χ0v) is 6.86. The van der Waals surface area contributed by atoms with Crippen LogP contribution >= 0.6 is 0 Å². The Balaban J connectivity index is 2.38. The van der Waals surface area contributed by atoms with Gasteiger partial charge in [0, 0.05) is 6.42 Å². The van der Waals surface area contributed by atoms with Gasteiger partial charge in [0.25, 0.3) is 0 Å². The molecule has 3 atom stereocenters. The fraction of sp³-hybridized carbons (Fsp3) is 0.857. The molecule has 5 heteroatoms. The standard InChI is InChI=1S/C7H13NO4/c1-2-5(10)8-7-6(11)4(9)3-12-7/h4,6-7,9,11H,2-3H2,1H3,(H,8,10)/t4-,6+,7?/m1/s1. The summed E-state index contributed by atoms with van der Waals surface area (Å²) in [4.78, 5) is 10.8. The number of hydrogen-bond donors (Lipinski definition) is 3. The smallest absolute Gasteiger partial charge is 0.221 e. The highest BCUT2D eigenvalue weighted by molar-refractivity contribution is 5.75. The molecule has 0 radical (unpaired) electrons. The minimum Gasteiger partial charge on any atom is -0.388 e. The van der Waals surface area contributed by atoms with Crippen molar-refractivity contribution in [2.75, 3.05) is 6.61 Å². The monoisotopic (exact) mass is 175 g/mol. The zero-order valence-electron chi connectivity index (χ0n) is 6.86. The Kier molecular flexibility index (Phi) is 3.02. The van der Waals surface area contributed by atoms with Gasteiger partial charge in [0.05, 0.1) is 6.61 Å². The second kappa shape index (κ2) is 3.84. The molecule has 0 aromatic carbocycles. The van der Waals surface area contributed by atoms with Crippen molar-refractivity contribution >= 4 is 5.91 Å². The minimum absolute atomic E-state index is 0.0653. The van der Waals surface area contributed by atoms with Crippen LogP contribution in [0.5, 0.6) is 0 Å². The Labute approximate surface area is 70.3 Å². The largest absolute Gasteiger partial charge is 0.388 e. The first kappa shape index (κ1) is 9.44. The number of ether oxygens (including phenoxy) is 1. The Morgan fingerprint density at radius 3 is 2.75 bits per heavy atom.